The molecule has 0 aliphatic rings. The minimum absolute atomic E-state index is 0.561. The molecule has 2 heterocycles. The van der Waals surface area contributed by atoms with E-state index in [1.165, 1.54) is 5.01 Å². The smallest absolute Gasteiger partial charge is 0.123 e. The summed E-state index contributed by atoms with van der Waals surface area (Å²) in [5.74, 6) is 1.45. The number of nitrogens with two attached hydrogens (primary N) is 1. The van der Waals surface area contributed by atoms with Crippen molar-refractivity contribution in [2.75, 3.05) is 5.73 Å². The van der Waals surface area contributed by atoms with Crippen molar-refractivity contribution < 1.29 is 0 Å². The number of pyridine rings is 1. The number of anilines is 1. The monoisotopic (exact) mass is 251 g/mol. The Morgan fingerprint density at radius 2 is 2.31 bits per heavy atom. The summed E-state index contributed by atoms with van der Waals surface area (Å²) in [4.78, 5) is 9.69. The molecule has 0 aliphatic carbocycles. The third kappa shape index (κ3) is 2.96. The maximum atomic E-state index is 5.52. The largest absolute Gasteiger partial charge is 0.384 e. The van der Waals surface area contributed by atoms with Gasteiger partial charge in [0.2, 0.25) is 0 Å². The summed E-state index contributed by atoms with van der Waals surface area (Å²) < 4.78 is 0. The molecule has 2 rings (SSSR count). The molecular formula is C11H13N3S2. The highest BCUT2D eigenvalue weighted by Gasteiger charge is 2.01. The average Bonchev–Trinajstić information content (AvgIpc) is 2.76. The molecule has 0 saturated carbocycles. The maximum Gasteiger partial charge on any atom is 0.123 e. The lowest BCUT2D eigenvalue weighted by Gasteiger charge is -1.99. The highest BCUT2D eigenvalue weighted by Crippen LogP contribution is 2.23. The van der Waals surface area contributed by atoms with Crippen LogP contribution < -0.4 is 5.73 Å². The second-order valence-electron chi connectivity index (χ2n) is 3.29. The Morgan fingerprint density at radius 1 is 1.44 bits per heavy atom. The molecule has 3 nitrogen and oxygen atoms in total. The fraction of sp³-hybridized carbons (Fsp3) is 0.273. The average molecular weight is 251 g/mol. The molecule has 0 fully saturated rings. The molecule has 2 aromatic rings. The van der Waals surface area contributed by atoms with Crippen molar-refractivity contribution in [1.82, 2.24) is 9.97 Å². The highest BCUT2D eigenvalue weighted by molar-refractivity contribution is 7.98. The van der Waals surface area contributed by atoms with Crippen LogP contribution in [-0.2, 0) is 12.2 Å². The number of aryl methyl sites for hydroxylation is 1. The fourth-order valence-electron chi connectivity index (χ4n) is 1.21. The summed E-state index contributed by atoms with van der Waals surface area (Å²) in [5.41, 5.74) is 6.67. The predicted molar refractivity (Wildman–Crippen MR) is 69.7 cm³/mol. The minimum atomic E-state index is 0.561. The van der Waals surface area contributed by atoms with Crippen molar-refractivity contribution in [3.05, 3.63) is 34.4 Å². The lowest BCUT2D eigenvalue weighted by molar-refractivity contribution is 1.06. The van der Waals surface area contributed by atoms with Gasteiger partial charge in [0.05, 0.1) is 10.7 Å². The van der Waals surface area contributed by atoms with Gasteiger partial charge in [-0.15, -0.1) is 23.1 Å². The van der Waals surface area contributed by atoms with Gasteiger partial charge >= 0.3 is 0 Å². The van der Waals surface area contributed by atoms with Gasteiger partial charge in [-0.05, 0) is 18.6 Å². The molecule has 0 amide bonds. The van der Waals surface area contributed by atoms with Gasteiger partial charge in [-0.25, -0.2) is 9.97 Å². The van der Waals surface area contributed by atoms with Gasteiger partial charge < -0.3 is 5.73 Å². The molecule has 2 N–H and O–H groups in total. The van der Waals surface area contributed by atoms with Gasteiger partial charge in [-0.3, -0.25) is 0 Å². The van der Waals surface area contributed by atoms with Crippen molar-refractivity contribution >= 4 is 28.9 Å². The second-order valence-corrected chi connectivity index (χ2v) is 5.28. The Bertz CT molecular complexity index is 451. The Hall–Kier alpha value is -1.07. The number of nitrogens with zero attached hydrogens (tertiary/aromatic N) is 2. The van der Waals surface area contributed by atoms with Crippen LogP contribution in [0.2, 0.25) is 0 Å². The number of rotatable bonds is 4. The molecule has 0 unspecified atom stereocenters. The van der Waals surface area contributed by atoms with Gasteiger partial charge in [0.15, 0.2) is 0 Å². The van der Waals surface area contributed by atoms with E-state index in [0.717, 1.165) is 22.8 Å². The molecule has 0 radical (unpaired) electrons. The van der Waals surface area contributed by atoms with Crippen LogP contribution in [0.4, 0.5) is 5.82 Å². The van der Waals surface area contributed by atoms with Crippen molar-refractivity contribution in [1.29, 1.82) is 0 Å². The van der Waals surface area contributed by atoms with Gasteiger partial charge in [-0.2, -0.15) is 0 Å². The number of nitrogen functional groups attached to an aromatic ring is 1. The third-order valence-electron chi connectivity index (χ3n) is 2.05. The zero-order chi connectivity index (χ0) is 11.4. The number of hydrogen-bond acceptors (Lipinski definition) is 5. The lowest BCUT2D eigenvalue weighted by Crippen LogP contribution is -1.88. The van der Waals surface area contributed by atoms with Crippen molar-refractivity contribution in [2.45, 2.75) is 24.0 Å². The van der Waals surface area contributed by atoms with E-state index >= 15 is 0 Å². The van der Waals surface area contributed by atoms with Crippen molar-refractivity contribution in [2.24, 2.45) is 0 Å². The van der Waals surface area contributed by atoms with Gasteiger partial charge in [-0.1, -0.05) is 6.92 Å². The topological polar surface area (TPSA) is 51.8 Å². The van der Waals surface area contributed by atoms with E-state index in [4.69, 9.17) is 5.73 Å². The maximum absolute atomic E-state index is 5.52. The van der Waals surface area contributed by atoms with Gasteiger partial charge in [0.1, 0.15) is 5.82 Å². The van der Waals surface area contributed by atoms with Crippen LogP contribution in [0.5, 0.6) is 0 Å². The van der Waals surface area contributed by atoms with E-state index in [-0.39, 0.29) is 0 Å². The lowest BCUT2D eigenvalue weighted by atomic mass is 10.5. The summed E-state index contributed by atoms with van der Waals surface area (Å²) in [6.07, 6.45) is 2.81. The SMILES string of the molecule is CCc1nc(CSc2ccc(N)nc2)cs1. The molecule has 0 saturated heterocycles. The Morgan fingerprint density at radius 3 is 2.94 bits per heavy atom. The van der Waals surface area contributed by atoms with E-state index in [9.17, 15) is 0 Å². The predicted octanol–water partition coefficient (Wildman–Crippen LogP) is 2.98. The second kappa shape index (κ2) is 5.32. The molecule has 5 heteroatoms. The van der Waals surface area contributed by atoms with E-state index in [0.29, 0.717) is 5.82 Å². The summed E-state index contributed by atoms with van der Waals surface area (Å²) in [6, 6.07) is 3.81. The van der Waals surface area contributed by atoms with Crippen LogP contribution in [0.25, 0.3) is 0 Å². The standard InChI is InChI=1S/C11H13N3S2/c1-2-11-14-8(7-16-11)6-15-9-3-4-10(12)13-5-9/h3-5,7H,2,6H2,1H3,(H2,12,13). The molecule has 0 atom stereocenters. The van der Waals surface area contributed by atoms with Gasteiger partial charge in [0, 0.05) is 22.2 Å². The molecule has 84 valence electrons. The third-order valence-corrected chi connectivity index (χ3v) is 4.10. The molecule has 0 aromatic carbocycles. The first kappa shape index (κ1) is 11.4. The van der Waals surface area contributed by atoms with Crippen LogP contribution in [0.15, 0.2) is 28.6 Å². The normalized spacial score (nSPS) is 10.6. The zero-order valence-corrected chi connectivity index (χ0v) is 10.6. The Balaban J connectivity index is 1.94. The van der Waals surface area contributed by atoms with Crippen LogP contribution in [0.3, 0.4) is 0 Å². The molecule has 0 bridgehead atoms. The van der Waals surface area contributed by atoms with Crippen LogP contribution in [-0.4, -0.2) is 9.97 Å². The first-order valence-electron chi connectivity index (χ1n) is 5.05. The first-order valence-corrected chi connectivity index (χ1v) is 6.92. The molecule has 0 aliphatic heterocycles. The summed E-state index contributed by atoms with van der Waals surface area (Å²) >= 11 is 3.46. The first-order chi connectivity index (χ1) is 7.78. The van der Waals surface area contributed by atoms with Crippen molar-refractivity contribution in [3.8, 4) is 0 Å². The number of aromatic nitrogens is 2. The molecule has 16 heavy (non-hydrogen) atoms. The summed E-state index contributed by atoms with van der Waals surface area (Å²) in [6.45, 7) is 2.12. The number of thiazole rings is 1. The molecule has 2 aromatic heterocycles. The number of hydrogen-bond donors (Lipinski definition) is 1. The Kier molecular flexibility index (Phi) is 3.79. The van der Waals surface area contributed by atoms with E-state index in [2.05, 4.69) is 22.3 Å². The van der Waals surface area contributed by atoms with Crippen molar-refractivity contribution in [3.63, 3.8) is 0 Å². The van der Waals surface area contributed by atoms with E-state index < -0.39 is 0 Å². The quantitative estimate of drug-likeness (QED) is 0.849. The highest BCUT2D eigenvalue weighted by atomic mass is 32.2. The van der Waals surface area contributed by atoms with Crippen LogP contribution >= 0.6 is 23.1 Å². The fourth-order valence-corrected chi connectivity index (χ4v) is 2.82. The molecular weight excluding hydrogens is 238 g/mol. The van der Waals surface area contributed by atoms with E-state index in [1.807, 2.05) is 12.1 Å². The van der Waals surface area contributed by atoms with E-state index in [1.54, 1.807) is 29.3 Å². The van der Waals surface area contributed by atoms with Crippen LogP contribution in [0, 0.1) is 0 Å². The zero-order valence-electron chi connectivity index (χ0n) is 9.01. The van der Waals surface area contributed by atoms with Gasteiger partial charge in [0.25, 0.3) is 0 Å². The number of thioether (sulfide) groups is 1. The summed E-state index contributed by atoms with van der Waals surface area (Å²) in [7, 11) is 0. The minimum Gasteiger partial charge on any atom is -0.384 e. The summed E-state index contributed by atoms with van der Waals surface area (Å²) in [5, 5.41) is 3.32. The Labute approximate surface area is 103 Å². The van der Waals surface area contributed by atoms with Crippen LogP contribution in [0.1, 0.15) is 17.6 Å². The molecule has 0 spiro atoms.